The van der Waals surface area contributed by atoms with Crippen molar-refractivity contribution in [2.45, 2.75) is 24.0 Å². The number of aryl methyl sites for hydroxylation is 1. The molecule has 0 atom stereocenters. The Morgan fingerprint density at radius 2 is 2.14 bits per heavy atom. The summed E-state index contributed by atoms with van der Waals surface area (Å²) in [4.78, 5) is 1.11. The van der Waals surface area contributed by atoms with Gasteiger partial charge >= 0.3 is 0 Å². The molecule has 2 rings (SSSR count). The molecule has 0 bridgehead atoms. The largest absolute Gasteiger partial charge is 0.223 e. The van der Waals surface area contributed by atoms with Crippen molar-refractivity contribution in [2.75, 3.05) is 6.26 Å². The summed E-state index contributed by atoms with van der Waals surface area (Å²) in [6.45, 7) is 1.98. The molecule has 1 aliphatic rings. The highest BCUT2D eigenvalue weighted by atomic mass is 32.2. The quantitative estimate of drug-likeness (QED) is 0.739. The van der Waals surface area contributed by atoms with Gasteiger partial charge in [-0.05, 0) is 30.9 Å². The van der Waals surface area contributed by atoms with E-state index in [4.69, 9.17) is 0 Å². The molecule has 1 aliphatic carbocycles. The van der Waals surface area contributed by atoms with Crippen LogP contribution in [-0.4, -0.2) is 14.7 Å². The van der Waals surface area contributed by atoms with Gasteiger partial charge < -0.3 is 0 Å². The predicted octanol–water partition coefficient (Wildman–Crippen LogP) is 2.42. The number of hydrogen-bond acceptors (Lipinski definition) is 3. The summed E-state index contributed by atoms with van der Waals surface area (Å²) in [6, 6.07) is 0. The van der Waals surface area contributed by atoms with Gasteiger partial charge in [-0.15, -0.1) is 11.3 Å². The first-order valence-electron chi connectivity index (χ1n) is 4.49. The highest BCUT2D eigenvalue weighted by Crippen LogP contribution is 2.35. The van der Waals surface area contributed by atoms with Crippen LogP contribution in [0.5, 0.6) is 0 Å². The van der Waals surface area contributed by atoms with E-state index < -0.39 is 9.84 Å². The monoisotopic (exact) mass is 228 g/mol. The average Bonchev–Trinajstić information content (AvgIpc) is 2.44. The van der Waals surface area contributed by atoms with E-state index in [0.717, 1.165) is 28.8 Å². The summed E-state index contributed by atoms with van der Waals surface area (Å²) >= 11 is 1.40. The number of hydrogen-bond donors (Lipinski definition) is 0. The zero-order valence-corrected chi connectivity index (χ0v) is 9.83. The molecule has 0 unspecified atom stereocenters. The summed E-state index contributed by atoms with van der Waals surface area (Å²) in [5.41, 5.74) is 2.15. The maximum absolute atomic E-state index is 11.5. The molecule has 1 heterocycles. The van der Waals surface area contributed by atoms with Gasteiger partial charge in [-0.25, -0.2) is 8.42 Å². The van der Waals surface area contributed by atoms with Crippen molar-refractivity contribution < 1.29 is 8.42 Å². The zero-order valence-electron chi connectivity index (χ0n) is 8.20. The van der Waals surface area contributed by atoms with Gasteiger partial charge in [0, 0.05) is 11.1 Å². The lowest BCUT2D eigenvalue weighted by atomic mass is 10.0. The topological polar surface area (TPSA) is 34.1 Å². The Bertz CT molecular complexity index is 492. The summed E-state index contributed by atoms with van der Waals surface area (Å²) in [5.74, 6) is 0. The van der Waals surface area contributed by atoms with E-state index in [1.807, 2.05) is 13.0 Å². The lowest BCUT2D eigenvalue weighted by Gasteiger charge is -2.06. The molecule has 0 saturated carbocycles. The minimum absolute atomic E-state index is 0.564. The molecule has 76 valence electrons. The van der Waals surface area contributed by atoms with Crippen molar-refractivity contribution in [1.29, 1.82) is 0 Å². The SMILES string of the molecule is Cc1sc(S(C)(=O)=O)c2c1C=CCC2. The van der Waals surface area contributed by atoms with E-state index in [9.17, 15) is 8.42 Å². The number of sulfone groups is 1. The van der Waals surface area contributed by atoms with Crippen molar-refractivity contribution >= 4 is 27.3 Å². The van der Waals surface area contributed by atoms with Crippen LogP contribution < -0.4 is 0 Å². The molecule has 0 N–H and O–H groups in total. The Hall–Kier alpha value is -0.610. The first-order valence-corrected chi connectivity index (χ1v) is 7.20. The third kappa shape index (κ3) is 1.53. The van der Waals surface area contributed by atoms with Crippen LogP contribution >= 0.6 is 11.3 Å². The Balaban J connectivity index is 2.71. The Labute approximate surface area is 88.2 Å². The molecular formula is C10H12O2S2. The molecule has 0 amide bonds. The third-order valence-electron chi connectivity index (χ3n) is 2.38. The molecule has 0 radical (unpaired) electrons. The van der Waals surface area contributed by atoms with Gasteiger partial charge in [0.15, 0.2) is 9.84 Å². The van der Waals surface area contributed by atoms with E-state index in [0.29, 0.717) is 4.21 Å². The molecule has 0 saturated heterocycles. The van der Waals surface area contributed by atoms with E-state index in [1.165, 1.54) is 17.6 Å². The number of thiophene rings is 1. The van der Waals surface area contributed by atoms with Gasteiger partial charge in [0.05, 0.1) is 0 Å². The summed E-state index contributed by atoms with van der Waals surface area (Å²) in [6.07, 6.45) is 7.24. The Kier molecular flexibility index (Phi) is 2.27. The molecule has 14 heavy (non-hydrogen) atoms. The van der Waals surface area contributed by atoms with Gasteiger partial charge in [-0.2, -0.15) is 0 Å². The van der Waals surface area contributed by atoms with Crippen LogP contribution in [0.25, 0.3) is 6.08 Å². The van der Waals surface area contributed by atoms with Crippen LogP contribution in [0.4, 0.5) is 0 Å². The molecule has 1 aromatic heterocycles. The first-order chi connectivity index (χ1) is 6.50. The number of allylic oxidation sites excluding steroid dienone is 1. The molecule has 1 aromatic rings. The van der Waals surface area contributed by atoms with Crippen LogP contribution in [0.1, 0.15) is 22.4 Å². The molecule has 0 aromatic carbocycles. The summed E-state index contributed by atoms with van der Waals surface area (Å²) in [5, 5.41) is 0. The fourth-order valence-electron chi connectivity index (χ4n) is 1.76. The van der Waals surface area contributed by atoms with Crippen LogP contribution in [0.15, 0.2) is 10.3 Å². The molecular weight excluding hydrogens is 216 g/mol. The number of fused-ring (bicyclic) bond motifs is 1. The van der Waals surface area contributed by atoms with Crippen molar-refractivity contribution in [3.8, 4) is 0 Å². The van der Waals surface area contributed by atoms with Gasteiger partial charge in [-0.1, -0.05) is 12.2 Å². The summed E-state index contributed by atoms with van der Waals surface area (Å²) < 4.78 is 23.6. The lowest BCUT2D eigenvalue weighted by molar-refractivity contribution is 0.603. The van der Waals surface area contributed by atoms with Crippen LogP contribution in [-0.2, 0) is 16.3 Å². The zero-order chi connectivity index (χ0) is 10.3. The normalized spacial score (nSPS) is 15.6. The predicted molar refractivity (Wildman–Crippen MR) is 59.5 cm³/mol. The maximum Gasteiger partial charge on any atom is 0.185 e. The van der Waals surface area contributed by atoms with E-state index in [-0.39, 0.29) is 0 Å². The standard InChI is InChI=1S/C10H12O2S2/c1-7-8-5-3-4-6-9(8)10(13-7)14(2,11)12/h3,5H,4,6H2,1-2H3. The van der Waals surface area contributed by atoms with E-state index >= 15 is 0 Å². The fourth-order valence-corrected chi connectivity index (χ4v) is 4.32. The molecule has 0 spiro atoms. The van der Waals surface area contributed by atoms with Crippen LogP contribution in [0.2, 0.25) is 0 Å². The third-order valence-corrected chi connectivity index (χ3v) is 5.41. The minimum Gasteiger partial charge on any atom is -0.223 e. The van der Waals surface area contributed by atoms with Gasteiger partial charge in [-0.3, -0.25) is 0 Å². The van der Waals surface area contributed by atoms with Crippen molar-refractivity contribution in [2.24, 2.45) is 0 Å². The van der Waals surface area contributed by atoms with Gasteiger partial charge in [0.25, 0.3) is 0 Å². The lowest BCUT2D eigenvalue weighted by Crippen LogP contribution is -2.00. The van der Waals surface area contributed by atoms with E-state index in [2.05, 4.69) is 6.08 Å². The Morgan fingerprint density at radius 1 is 1.43 bits per heavy atom. The molecule has 2 nitrogen and oxygen atoms in total. The molecule has 0 fully saturated rings. The van der Waals surface area contributed by atoms with E-state index in [1.54, 1.807) is 0 Å². The maximum atomic E-state index is 11.5. The first kappa shape index (κ1) is 9.93. The second kappa shape index (κ2) is 3.21. The second-order valence-corrected chi connectivity index (χ2v) is 6.99. The van der Waals surface area contributed by atoms with Crippen LogP contribution in [0.3, 0.4) is 0 Å². The minimum atomic E-state index is -3.04. The van der Waals surface area contributed by atoms with Crippen molar-refractivity contribution in [3.63, 3.8) is 0 Å². The van der Waals surface area contributed by atoms with Crippen molar-refractivity contribution in [1.82, 2.24) is 0 Å². The second-order valence-electron chi connectivity index (χ2n) is 3.55. The molecule has 0 aliphatic heterocycles. The smallest absolute Gasteiger partial charge is 0.185 e. The summed E-state index contributed by atoms with van der Waals surface area (Å²) in [7, 11) is -3.04. The highest BCUT2D eigenvalue weighted by molar-refractivity contribution is 7.92. The number of rotatable bonds is 1. The fraction of sp³-hybridized carbons (Fsp3) is 0.400. The van der Waals surface area contributed by atoms with Crippen LogP contribution in [0, 0.1) is 6.92 Å². The van der Waals surface area contributed by atoms with Gasteiger partial charge in [0.2, 0.25) is 0 Å². The van der Waals surface area contributed by atoms with Gasteiger partial charge in [0.1, 0.15) is 4.21 Å². The highest BCUT2D eigenvalue weighted by Gasteiger charge is 2.21. The average molecular weight is 228 g/mol. The Morgan fingerprint density at radius 3 is 2.79 bits per heavy atom. The van der Waals surface area contributed by atoms with Crippen molar-refractivity contribution in [3.05, 3.63) is 22.1 Å². The molecule has 4 heteroatoms.